The molecule has 0 aromatic rings. The minimum Gasteiger partial charge on any atom is -0.393 e. The highest BCUT2D eigenvalue weighted by molar-refractivity contribution is 5.91. The predicted molar refractivity (Wildman–Crippen MR) is 88.7 cm³/mol. The molecule has 3 fully saturated rings. The van der Waals surface area contributed by atoms with Crippen molar-refractivity contribution in [2.45, 2.75) is 77.4 Å². The van der Waals surface area contributed by atoms with Crippen LogP contribution in [0.2, 0.25) is 0 Å². The molecule has 3 saturated carbocycles. The van der Waals surface area contributed by atoms with Crippen LogP contribution in [0.4, 0.5) is 0 Å². The summed E-state index contributed by atoms with van der Waals surface area (Å²) in [4.78, 5) is 11.8. The summed E-state index contributed by atoms with van der Waals surface area (Å²) in [5.41, 5.74) is 0.424. The summed E-state index contributed by atoms with van der Waals surface area (Å²) in [6.07, 6.45) is 7.69. The molecule has 3 nitrogen and oxygen atoms in total. The summed E-state index contributed by atoms with van der Waals surface area (Å²) in [6.45, 7) is 6.44. The van der Waals surface area contributed by atoms with E-state index >= 15 is 0 Å². The van der Waals surface area contributed by atoms with E-state index in [9.17, 15) is 15.0 Å². The van der Waals surface area contributed by atoms with E-state index in [1.54, 1.807) is 0 Å². The molecule has 23 heavy (non-hydrogen) atoms. The highest BCUT2D eigenvalue weighted by Gasteiger charge is 2.64. The van der Waals surface area contributed by atoms with E-state index in [0.717, 1.165) is 32.1 Å². The second kappa shape index (κ2) is 4.70. The third-order valence-electron chi connectivity index (χ3n) is 8.46. The molecule has 3 heteroatoms. The first kappa shape index (κ1) is 15.8. The van der Waals surface area contributed by atoms with Crippen molar-refractivity contribution < 1.29 is 15.0 Å². The van der Waals surface area contributed by atoms with Crippen molar-refractivity contribution in [3.8, 4) is 0 Å². The molecule has 0 heterocycles. The van der Waals surface area contributed by atoms with Crippen LogP contribution in [0.25, 0.3) is 0 Å². The SMILES string of the molecule is CC12CCC(=O)C=C1CCC1C2C(O)CC2(C)C1CC[C@]2(C)O. The minimum atomic E-state index is -0.664. The van der Waals surface area contributed by atoms with Crippen LogP contribution in [-0.2, 0) is 4.79 Å². The lowest BCUT2D eigenvalue weighted by atomic mass is 9.45. The molecule has 128 valence electrons. The van der Waals surface area contributed by atoms with Crippen LogP contribution in [0.5, 0.6) is 0 Å². The maximum absolute atomic E-state index is 11.8. The highest BCUT2D eigenvalue weighted by atomic mass is 16.3. The minimum absolute atomic E-state index is 0.0218. The molecule has 0 aliphatic heterocycles. The summed E-state index contributed by atoms with van der Waals surface area (Å²) < 4.78 is 0. The smallest absolute Gasteiger partial charge is 0.155 e. The maximum atomic E-state index is 11.8. The molecule has 0 amide bonds. The first-order valence-corrected chi connectivity index (χ1v) is 9.33. The fraction of sp³-hybridized carbons (Fsp3) is 0.850. The van der Waals surface area contributed by atoms with Crippen molar-refractivity contribution in [3.05, 3.63) is 11.6 Å². The summed E-state index contributed by atoms with van der Waals surface area (Å²) in [5.74, 6) is 1.49. The van der Waals surface area contributed by atoms with Crippen molar-refractivity contribution in [2.75, 3.05) is 0 Å². The van der Waals surface area contributed by atoms with Crippen molar-refractivity contribution >= 4 is 5.78 Å². The Kier molecular flexibility index (Phi) is 3.23. The average molecular weight is 318 g/mol. The number of aliphatic hydroxyl groups excluding tert-OH is 1. The lowest BCUT2D eigenvalue weighted by molar-refractivity contribution is -0.166. The number of fused-ring (bicyclic) bond motifs is 5. The van der Waals surface area contributed by atoms with Gasteiger partial charge in [-0.05, 0) is 74.7 Å². The summed E-state index contributed by atoms with van der Waals surface area (Å²) in [5, 5.41) is 22.0. The first-order chi connectivity index (χ1) is 10.7. The molecule has 0 radical (unpaired) electrons. The van der Waals surface area contributed by atoms with Gasteiger partial charge >= 0.3 is 0 Å². The Morgan fingerprint density at radius 2 is 1.87 bits per heavy atom. The van der Waals surface area contributed by atoms with Gasteiger partial charge in [-0.2, -0.15) is 0 Å². The lowest BCUT2D eigenvalue weighted by Crippen LogP contribution is -2.59. The van der Waals surface area contributed by atoms with Crippen molar-refractivity contribution in [2.24, 2.45) is 28.6 Å². The molecule has 0 aromatic carbocycles. The summed E-state index contributed by atoms with van der Waals surface area (Å²) in [6, 6.07) is 0. The van der Waals surface area contributed by atoms with E-state index in [1.807, 2.05) is 13.0 Å². The van der Waals surface area contributed by atoms with Gasteiger partial charge in [-0.3, -0.25) is 4.79 Å². The molecule has 0 spiro atoms. The van der Waals surface area contributed by atoms with Gasteiger partial charge in [0, 0.05) is 11.8 Å². The topological polar surface area (TPSA) is 57.5 Å². The monoisotopic (exact) mass is 318 g/mol. The van der Waals surface area contributed by atoms with Crippen LogP contribution in [0, 0.1) is 28.6 Å². The standard InChI is InChI=1S/C20H30O3/c1-18-8-6-13(21)10-12(18)4-5-14-15-7-9-20(3,23)19(15,2)11-16(22)17(14)18/h10,14-17,22-23H,4-9,11H2,1-3H3/t14?,15?,16?,17?,18?,19?,20-/m0/s1. The Morgan fingerprint density at radius 1 is 1.13 bits per heavy atom. The zero-order valence-electron chi connectivity index (χ0n) is 14.6. The van der Waals surface area contributed by atoms with Crippen LogP contribution in [0.15, 0.2) is 11.6 Å². The Morgan fingerprint density at radius 3 is 2.61 bits per heavy atom. The van der Waals surface area contributed by atoms with Crippen molar-refractivity contribution in [1.29, 1.82) is 0 Å². The molecule has 4 rings (SSSR count). The Labute approximate surface area is 139 Å². The molecular formula is C20H30O3. The molecule has 7 atom stereocenters. The molecule has 0 saturated heterocycles. The van der Waals surface area contributed by atoms with Crippen LogP contribution in [-0.4, -0.2) is 27.7 Å². The quantitative estimate of drug-likeness (QED) is 0.721. The van der Waals surface area contributed by atoms with Gasteiger partial charge in [0.05, 0.1) is 11.7 Å². The van der Waals surface area contributed by atoms with Gasteiger partial charge in [-0.15, -0.1) is 0 Å². The van der Waals surface area contributed by atoms with Crippen LogP contribution in [0.3, 0.4) is 0 Å². The fourth-order valence-electron chi connectivity index (χ4n) is 6.91. The number of ketones is 1. The Balaban J connectivity index is 1.75. The van der Waals surface area contributed by atoms with Gasteiger partial charge < -0.3 is 10.2 Å². The highest BCUT2D eigenvalue weighted by Crippen LogP contribution is 2.67. The largest absolute Gasteiger partial charge is 0.393 e. The molecule has 4 aliphatic carbocycles. The zero-order chi connectivity index (χ0) is 16.6. The van der Waals surface area contributed by atoms with Gasteiger partial charge in [-0.1, -0.05) is 19.4 Å². The fourth-order valence-corrected chi connectivity index (χ4v) is 6.91. The Bertz CT molecular complexity index is 577. The number of hydrogen-bond acceptors (Lipinski definition) is 3. The molecule has 2 N–H and O–H groups in total. The summed E-state index contributed by atoms with van der Waals surface area (Å²) in [7, 11) is 0. The second-order valence-electron chi connectivity index (χ2n) is 9.39. The third kappa shape index (κ3) is 1.93. The normalized spacial score (nSPS) is 55.7. The number of carbonyl (C=O) groups is 1. The van der Waals surface area contributed by atoms with Crippen LogP contribution < -0.4 is 0 Å². The Hall–Kier alpha value is -0.670. The third-order valence-corrected chi connectivity index (χ3v) is 8.46. The van der Waals surface area contributed by atoms with Crippen molar-refractivity contribution in [3.63, 3.8) is 0 Å². The van der Waals surface area contributed by atoms with Crippen molar-refractivity contribution in [1.82, 2.24) is 0 Å². The number of aliphatic hydroxyl groups is 2. The number of rotatable bonds is 0. The number of allylic oxidation sites excluding steroid dienone is 1. The van der Waals surface area contributed by atoms with E-state index < -0.39 is 5.60 Å². The zero-order valence-corrected chi connectivity index (χ0v) is 14.6. The lowest BCUT2D eigenvalue weighted by Gasteiger charge is -2.60. The number of hydrogen-bond donors (Lipinski definition) is 2. The maximum Gasteiger partial charge on any atom is 0.155 e. The molecular weight excluding hydrogens is 288 g/mol. The van der Waals surface area contributed by atoms with E-state index in [4.69, 9.17) is 0 Å². The van der Waals surface area contributed by atoms with E-state index in [-0.39, 0.29) is 28.6 Å². The van der Waals surface area contributed by atoms with E-state index in [1.165, 1.54) is 5.57 Å². The predicted octanol–water partition coefficient (Wildman–Crippen LogP) is 3.24. The molecule has 4 aliphatic rings. The molecule has 0 bridgehead atoms. The second-order valence-corrected chi connectivity index (χ2v) is 9.39. The van der Waals surface area contributed by atoms with Crippen LogP contribution >= 0.6 is 0 Å². The first-order valence-electron chi connectivity index (χ1n) is 9.33. The van der Waals surface area contributed by atoms with Crippen LogP contribution in [0.1, 0.15) is 65.7 Å². The van der Waals surface area contributed by atoms with E-state index in [2.05, 4.69) is 13.8 Å². The van der Waals surface area contributed by atoms with Gasteiger partial charge in [-0.25, -0.2) is 0 Å². The number of carbonyl (C=O) groups excluding carboxylic acids is 1. The van der Waals surface area contributed by atoms with Gasteiger partial charge in [0.2, 0.25) is 0 Å². The van der Waals surface area contributed by atoms with Gasteiger partial charge in [0.25, 0.3) is 0 Å². The van der Waals surface area contributed by atoms with Gasteiger partial charge in [0.1, 0.15) is 0 Å². The summed E-state index contributed by atoms with van der Waals surface area (Å²) >= 11 is 0. The molecule has 6 unspecified atom stereocenters. The molecule has 0 aromatic heterocycles. The average Bonchev–Trinajstić information content (AvgIpc) is 2.69. The van der Waals surface area contributed by atoms with Gasteiger partial charge in [0.15, 0.2) is 5.78 Å². The van der Waals surface area contributed by atoms with E-state index in [0.29, 0.717) is 24.7 Å².